The molecule has 3 rings (SSSR count). The van der Waals surface area contributed by atoms with Crippen LogP contribution in [0.5, 0.6) is 0 Å². The second kappa shape index (κ2) is 12.7. The Kier molecular flexibility index (Phi) is 9.74. The molecule has 0 radical (unpaired) electrons. The Hall–Kier alpha value is -2.61. The summed E-state index contributed by atoms with van der Waals surface area (Å²) < 4.78 is 5.21. The van der Waals surface area contributed by atoms with Gasteiger partial charge in [-0.25, -0.2) is 4.79 Å². The molecule has 1 aromatic carbocycles. The third-order valence-electron chi connectivity index (χ3n) is 7.40. The standard InChI is InChI=1S/C30H38O4/c1-29(18-8-6-15-26(29)17-23-34-24-28(32)33)19-9-7-16-27(31)30(21-11-22-30)20-10-5-14-25-12-3-2-4-13-25/h2-4,7,9,12-13,16-17,19,27,31H,6,8,10-11,15,18,20-24H2,1H3,(H,32,33)/b16-7+,19-9+,26-17+. The first-order chi connectivity index (χ1) is 16.4. The monoisotopic (exact) mass is 462 g/mol. The van der Waals surface area contributed by atoms with Crippen LogP contribution in [-0.2, 0) is 9.53 Å². The van der Waals surface area contributed by atoms with Crippen molar-refractivity contribution < 1.29 is 19.7 Å². The number of rotatable bonds is 10. The van der Waals surface area contributed by atoms with E-state index in [0.29, 0.717) is 6.61 Å². The van der Waals surface area contributed by atoms with Crippen molar-refractivity contribution in [3.63, 3.8) is 0 Å². The van der Waals surface area contributed by atoms with E-state index in [1.54, 1.807) is 0 Å². The van der Waals surface area contributed by atoms with Crippen molar-refractivity contribution in [3.8, 4) is 11.8 Å². The number of carboxylic acid groups (broad SMARTS) is 1. The molecule has 0 amide bonds. The molecule has 2 fully saturated rings. The van der Waals surface area contributed by atoms with Gasteiger partial charge < -0.3 is 14.9 Å². The maximum absolute atomic E-state index is 10.9. The number of allylic oxidation sites excluding steroid dienone is 4. The number of ether oxygens (including phenoxy) is 1. The van der Waals surface area contributed by atoms with Crippen LogP contribution in [0.3, 0.4) is 0 Å². The second-order valence-electron chi connectivity index (χ2n) is 9.84. The van der Waals surface area contributed by atoms with E-state index in [0.717, 1.165) is 50.5 Å². The molecule has 0 aliphatic heterocycles. The van der Waals surface area contributed by atoms with Gasteiger partial charge in [-0.1, -0.05) is 85.8 Å². The highest BCUT2D eigenvalue weighted by atomic mass is 16.5. The van der Waals surface area contributed by atoms with Gasteiger partial charge in [0.2, 0.25) is 0 Å². The van der Waals surface area contributed by atoms with Crippen LogP contribution in [0.15, 0.2) is 66.3 Å². The van der Waals surface area contributed by atoms with Crippen molar-refractivity contribution in [2.75, 3.05) is 13.2 Å². The van der Waals surface area contributed by atoms with E-state index in [1.165, 1.54) is 18.4 Å². The summed E-state index contributed by atoms with van der Waals surface area (Å²) in [5.41, 5.74) is 2.24. The van der Waals surface area contributed by atoms with Gasteiger partial charge in [-0.05, 0) is 50.7 Å². The third kappa shape index (κ3) is 7.45. The molecule has 1 aromatic rings. The summed E-state index contributed by atoms with van der Waals surface area (Å²) in [6.07, 6.45) is 19.2. The summed E-state index contributed by atoms with van der Waals surface area (Å²) in [6, 6.07) is 10.0. The molecule has 4 heteroatoms. The van der Waals surface area contributed by atoms with E-state index in [2.05, 4.69) is 30.9 Å². The largest absolute Gasteiger partial charge is 0.480 e. The first-order valence-corrected chi connectivity index (χ1v) is 12.5. The predicted octanol–water partition coefficient (Wildman–Crippen LogP) is 6.07. The average molecular weight is 463 g/mol. The number of benzene rings is 1. The van der Waals surface area contributed by atoms with Gasteiger partial charge >= 0.3 is 5.97 Å². The van der Waals surface area contributed by atoms with E-state index < -0.39 is 12.1 Å². The lowest BCUT2D eigenvalue weighted by atomic mass is 9.62. The van der Waals surface area contributed by atoms with Gasteiger partial charge in [0.25, 0.3) is 0 Å². The first-order valence-electron chi connectivity index (χ1n) is 12.5. The number of hydrogen-bond acceptors (Lipinski definition) is 3. The molecule has 2 atom stereocenters. The molecule has 182 valence electrons. The van der Waals surface area contributed by atoms with Crippen molar-refractivity contribution in [2.24, 2.45) is 10.8 Å². The minimum atomic E-state index is -0.944. The Morgan fingerprint density at radius 3 is 2.65 bits per heavy atom. The van der Waals surface area contributed by atoms with Gasteiger partial charge in [0.05, 0.1) is 12.7 Å². The molecule has 0 aromatic heterocycles. The van der Waals surface area contributed by atoms with Crippen molar-refractivity contribution in [2.45, 2.75) is 70.8 Å². The van der Waals surface area contributed by atoms with Crippen LogP contribution < -0.4 is 0 Å². The molecular weight excluding hydrogens is 424 g/mol. The summed E-state index contributed by atoms with van der Waals surface area (Å²) in [4.78, 5) is 10.6. The molecule has 2 unspecified atom stereocenters. The van der Waals surface area contributed by atoms with Crippen LogP contribution in [0.25, 0.3) is 0 Å². The number of aliphatic hydroxyl groups excluding tert-OH is 1. The normalized spacial score (nSPS) is 24.0. The van der Waals surface area contributed by atoms with Crippen molar-refractivity contribution in [3.05, 3.63) is 71.8 Å². The smallest absolute Gasteiger partial charge is 0.329 e. The Labute approximate surface area is 204 Å². The average Bonchev–Trinajstić information content (AvgIpc) is 2.80. The van der Waals surface area contributed by atoms with Crippen molar-refractivity contribution in [1.82, 2.24) is 0 Å². The van der Waals surface area contributed by atoms with Crippen LogP contribution in [0, 0.1) is 22.7 Å². The van der Waals surface area contributed by atoms with E-state index in [1.807, 2.05) is 48.6 Å². The number of carbonyl (C=O) groups is 1. The zero-order valence-electron chi connectivity index (χ0n) is 20.3. The van der Waals surface area contributed by atoms with Crippen LogP contribution >= 0.6 is 0 Å². The van der Waals surface area contributed by atoms with E-state index >= 15 is 0 Å². The molecule has 2 aliphatic carbocycles. The van der Waals surface area contributed by atoms with Crippen LogP contribution in [0.1, 0.15) is 70.3 Å². The van der Waals surface area contributed by atoms with Gasteiger partial charge in [-0.2, -0.15) is 0 Å². The van der Waals surface area contributed by atoms with Gasteiger partial charge in [-0.15, -0.1) is 0 Å². The minimum Gasteiger partial charge on any atom is -0.480 e. The number of aliphatic carboxylic acids is 1. The molecule has 2 aliphatic rings. The maximum Gasteiger partial charge on any atom is 0.329 e. The zero-order valence-corrected chi connectivity index (χ0v) is 20.3. The molecular formula is C30H38O4. The van der Waals surface area contributed by atoms with Crippen molar-refractivity contribution >= 4 is 5.97 Å². The highest BCUT2D eigenvalue weighted by Gasteiger charge is 2.41. The number of hydrogen-bond donors (Lipinski definition) is 2. The van der Waals surface area contributed by atoms with Gasteiger partial charge in [0, 0.05) is 22.8 Å². The third-order valence-corrected chi connectivity index (χ3v) is 7.40. The first kappa shape index (κ1) is 26.0. The van der Waals surface area contributed by atoms with Gasteiger partial charge in [0.1, 0.15) is 6.61 Å². The molecule has 0 saturated heterocycles. The fraction of sp³-hybridized carbons (Fsp3) is 0.500. The summed E-state index contributed by atoms with van der Waals surface area (Å²) >= 11 is 0. The van der Waals surface area contributed by atoms with E-state index in [-0.39, 0.29) is 17.4 Å². The fourth-order valence-corrected chi connectivity index (χ4v) is 5.05. The number of carboxylic acids is 1. The van der Waals surface area contributed by atoms with E-state index in [4.69, 9.17) is 9.84 Å². The van der Waals surface area contributed by atoms with Crippen molar-refractivity contribution in [1.29, 1.82) is 0 Å². The molecule has 4 nitrogen and oxygen atoms in total. The Morgan fingerprint density at radius 2 is 1.94 bits per heavy atom. The Balaban J connectivity index is 1.54. The van der Waals surface area contributed by atoms with Crippen LogP contribution in [0.4, 0.5) is 0 Å². The molecule has 0 heterocycles. The van der Waals surface area contributed by atoms with Gasteiger partial charge in [0.15, 0.2) is 0 Å². The summed E-state index contributed by atoms with van der Waals surface area (Å²) in [5.74, 6) is 5.56. The summed E-state index contributed by atoms with van der Waals surface area (Å²) in [6.45, 7) is 2.29. The topological polar surface area (TPSA) is 66.8 Å². The number of aliphatic hydroxyl groups is 1. The predicted molar refractivity (Wildman–Crippen MR) is 136 cm³/mol. The Morgan fingerprint density at radius 1 is 1.15 bits per heavy atom. The highest BCUT2D eigenvalue weighted by molar-refractivity contribution is 5.68. The van der Waals surface area contributed by atoms with E-state index in [9.17, 15) is 9.90 Å². The quantitative estimate of drug-likeness (QED) is 0.192. The summed E-state index contributed by atoms with van der Waals surface area (Å²) in [7, 11) is 0. The van der Waals surface area contributed by atoms with Crippen LogP contribution in [0.2, 0.25) is 0 Å². The lowest BCUT2D eigenvalue weighted by molar-refractivity contribution is -0.141. The maximum atomic E-state index is 10.9. The lowest BCUT2D eigenvalue weighted by Gasteiger charge is -2.44. The Bertz CT molecular complexity index is 943. The minimum absolute atomic E-state index is 0.0447. The summed E-state index contributed by atoms with van der Waals surface area (Å²) in [5, 5.41) is 19.7. The molecule has 34 heavy (non-hydrogen) atoms. The molecule has 2 saturated carbocycles. The SMILES string of the molecule is CC1(/C=C/C=C/C(O)C2(CCC#Cc3ccccc3)CCC2)CCCC/C1=C\COCC(=O)O. The fourth-order valence-electron chi connectivity index (χ4n) is 5.05. The molecule has 0 spiro atoms. The van der Waals surface area contributed by atoms with Gasteiger partial charge in [-0.3, -0.25) is 0 Å². The molecule has 0 bridgehead atoms. The highest BCUT2D eigenvalue weighted by Crippen LogP contribution is 2.48. The lowest BCUT2D eigenvalue weighted by Crippen LogP contribution is -2.40. The zero-order chi connectivity index (χ0) is 24.3. The molecule has 2 N–H and O–H groups in total. The second-order valence-corrected chi connectivity index (χ2v) is 9.84. The van der Waals surface area contributed by atoms with Crippen LogP contribution in [-0.4, -0.2) is 35.5 Å².